The second-order valence-corrected chi connectivity index (χ2v) is 6.17. The van der Waals surface area contributed by atoms with Crippen LogP contribution in [0.1, 0.15) is 14.7 Å². The Morgan fingerprint density at radius 2 is 2.25 bits per heavy atom. The highest BCUT2D eigenvalue weighted by Gasteiger charge is 2.14. The topological polar surface area (TPSA) is 78.7 Å². The van der Waals surface area contributed by atoms with Crippen molar-refractivity contribution in [1.82, 2.24) is 9.97 Å². The first kappa shape index (κ1) is 13.0. The molecule has 1 amide bonds. The van der Waals surface area contributed by atoms with Crippen molar-refractivity contribution < 1.29 is 4.79 Å². The van der Waals surface area contributed by atoms with Crippen molar-refractivity contribution in [3.63, 3.8) is 0 Å². The Balaban J connectivity index is 1.87. The van der Waals surface area contributed by atoms with Gasteiger partial charge in [-0.2, -0.15) is 5.26 Å². The molecule has 20 heavy (non-hydrogen) atoms. The highest BCUT2D eigenvalue weighted by atomic mass is 35.5. The molecule has 2 aromatic heterocycles. The Bertz CT molecular complexity index is 849. The van der Waals surface area contributed by atoms with Crippen LogP contribution in [0, 0.1) is 11.3 Å². The summed E-state index contributed by atoms with van der Waals surface area (Å²) in [5.74, 6) is -0.334. The number of thiazole rings is 2. The van der Waals surface area contributed by atoms with Crippen molar-refractivity contribution in [2.45, 2.75) is 0 Å². The van der Waals surface area contributed by atoms with E-state index in [1.807, 2.05) is 18.2 Å². The van der Waals surface area contributed by atoms with E-state index in [0.29, 0.717) is 20.5 Å². The fourth-order valence-electron chi connectivity index (χ4n) is 1.56. The first-order valence-corrected chi connectivity index (χ1v) is 7.41. The molecule has 0 radical (unpaired) electrons. The minimum absolute atomic E-state index is 0.252. The first-order chi connectivity index (χ1) is 9.67. The predicted octanol–water partition coefficient (Wildman–Crippen LogP) is 3.53. The molecule has 0 saturated heterocycles. The summed E-state index contributed by atoms with van der Waals surface area (Å²) in [4.78, 5) is 20.4. The summed E-state index contributed by atoms with van der Waals surface area (Å²) in [5, 5.41) is 12.6. The Morgan fingerprint density at radius 1 is 1.40 bits per heavy atom. The molecule has 1 aromatic carbocycles. The zero-order chi connectivity index (χ0) is 14.1. The quantitative estimate of drug-likeness (QED) is 0.783. The van der Waals surface area contributed by atoms with Crippen LogP contribution < -0.4 is 5.32 Å². The lowest BCUT2D eigenvalue weighted by atomic mass is 10.3. The number of aromatic nitrogens is 2. The van der Waals surface area contributed by atoms with Crippen LogP contribution in [0.15, 0.2) is 24.4 Å². The van der Waals surface area contributed by atoms with E-state index in [9.17, 15) is 4.79 Å². The SMILES string of the molecule is N#Cc1ncc(C(=O)Nc2nc3c(Cl)cccc3s2)s1. The zero-order valence-electron chi connectivity index (χ0n) is 9.75. The molecule has 0 saturated carbocycles. The van der Waals surface area contributed by atoms with E-state index in [1.165, 1.54) is 17.5 Å². The van der Waals surface area contributed by atoms with E-state index >= 15 is 0 Å². The van der Waals surface area contributed by atoms with Crippen LogP contribution in [-0.4, -0.2) is 15.9 Å². The minimum Gasteiger partial charge on any atom is -0.297 e. The molecule has 0 fully saturated rings. The summed E-state index contributed by atoms with van der Waals surface area (Å²) in [5.41, 5.74) is 0.663. The van der Waals surface area contributed by atoms with Crippen molar-refractivity contribution in [2.75, 3.05) is 5.32 Å². The highest BCUT2D eigenvalue weighted by Crippen LogP contribution is 2.31. The number of para-hydroxylation sites is 1. The van der Waals surface area contributed by atoms with Gasteiger partial charge in [-0.05, 0) is 12.1 Å². The third-order valence-corrected chi connectivity index (χ3v) is 4.56. The fraction of sp³-hybridized carbons (Fsp3) is 0. The number of nitrogens with one attached hydrogen (secondary N) is 1. The molecule has 0 unspecified atom stereocenters. The van der Waals surface area contributed by atoms with E-state index in [-0.39, 0.29) is 10.9 Å². The smallest absolute Gasteiger partial charge is 0.269 e. The van der Waals surface area contributed by atoms with Gasteiger partial charge in [0.05, 0.1) is 15.9 Å². The number of nitrogens with zero attached hydrogens (tertiary/aromatic N) is 3. The maximum Gasteiger partial charge on any atom is 0.269 e. The lowest BCUT2D eigenvalue weighted by molar-refractivity contribution is 0.103. The Kier molecular flexibility index (Phi) is 3.36. The lowest BCUT2D eigenvalue weighted by Gasteiger charge is -1.96. The normalized spacial score (nSPS) is 10.4. The van der Waals surface area contributed by atoms with Gasteiger partial charge in [-0.15, -0.1) is 0 Å². The molecule has 0 atom stereocenters. The zero-order valence-corrected chi connectivity index (χ0v) is 12.1. The second-order valence-electron chi connectivity index (χ2n) is 3.70. The van der Waals surface area contributed by atoms with Crippen molar-refractivity contribution >= 4 is 55.5 Å². The van der Waals surface area contributed by atoms with Crippen LogP contribution in [0.2, 0.25) is 5.02 Å². The standard InChI is InChI=1S/C12H5ClN4OS2/c13-6-2-1-3-7-10(6)16-12(20-7)17-11(18)8-5-15-9(4-14)19-8/h1-3,5H,(H,16,17,18). The molecular weight excluding hydrogens is 316 g/mol. The summed E-state index contributed by atoms with van der Waals surface area (Å²) in [7, 11) is 0. The molecule has 0 spiro atoms. The Morgan fingerprint density at radius 3 is 2.95 bits per heavy atom. The largest absolute Gasteiger partial charge is 0.297 e. The molecule has 0 aliphatic carbocycles. The molecular formula is C12H5ClN4OS2. The lowest BCUT2D eigenvalue weighted by Crippen LogP contribution is -2.09. The fourth-order valence-corrected chi connectivity index (χ4v) is 3.33. The van der Waals surface area contributed by atoms with Gasteiger partial charge in [0.25, 0.3) is 5.91 Å². The van der Waals surface area contributed by atoms with Gasteiger partial charge in [-0.25, -0.2) is 9.97 Å². The first-order valence-electron chi connectivity index (χ1n) is 5.39. The van der Waals surface area contributed by atoms with Gasteiger partial charge in [0.2, 0.25) is 0 Å². The van der Waals surface area contributed by atoms with Crippen molar-refractivity contribution in [2.24, 2.45) is 0 Å². The number of anilines is 1. The van der Waals surface area contributed by atoms with Gasteiger partial charge in [0, 0.05) is 0 Å². The van der Waals surface area contributed by atoms with Gasteiger partial charge >= 0.3 is 0 Å². The molecule has 5 nitrogen and oxygen atoms in total. The third kappa shape index (κ3) is 2.36. The molecule has 2 heterocycles. The summed E-state index contributed by atoms with van der Waals surface area (Å²) >= 11 is 8.41. The van der Waals surface area contributed by atoms with Gasteiger partial charge in [0.15, 0.2) is 10.1 Å². The van der Waals surface area contributed by atoms with E-state index in [2.05, 4.69) is 15.3 Å². The number of fused-ring (bicyclic) bond motifs is 1. The minimum atomic E-state index is -0.334. The predicted molar refractivity (Wildman–Crippen MR) is 79.4 cm³/mol. The molecule has 0 aliphatic heterocycles. The van der Waals surface area contributed by atoms with Crippen LogP contribution in [-0.2, 0) is 0 Å². The number of benzene rings is 1. The van der Waals surface area contributed by atoms with Crippen LogP contribution in [0.5, 0.6) is 0 Å². The van der Waals surface area contributed by atoms with Gasteiger partial charge < -0.3 is 0 Å². The second kappa shape index (κ2) is 5.17. The van der Waals surface area contributed by atoms with Crippen LogP contribution in [0.25, 0.3) is 10.2 Å². The number of carbonyl (C=O) groups is 1. The highest BCUT2D eigenvalue weighted by molar-refractivity contribution is 7.22. The van der Waals surface area contributed by atoms with Crippen molar-refractivity contribution in [3.8, 4) is 6.07 Å². The maximum atomic E-state index is 12.0. The average Bonchev–Trinajstić information content (AvgIpc) is 3.05. The van der Waals surface area contributed by atoms with Crippen molar-refractivity contribution in [3.05, 3.63) is 39.3 Å². The number of nitriles is 1. The average molecular weight is 321 g/mol. The van der Waals surface area contributed by atoms with E-state index in [4.69, 9.17) is 16.9 Å². The van der Waals surface area contributed by atoms with Crippen molar-refractivity contribution in [1.29, 1.82) is 5.26 Å². The number of halogens is 1. The molecule has 98 valence electrons. The molecule has 1 N–H and O–H groups in total. The number of rotatable bonds is 2. The summed E-state index contributed by atoms with van der Waals surface area (Å²) in [6, 6.07) is 7.35. The molecule has 3 aromatic rings. The summed E-state index contributed by atoms with van der Waals surface area (Å²) < 4.78 is 0.898. The van der Waals surface area contributed by atoms with Crippen LogP contribution >= 0.6 is 34.3 Å². The number of amides is 1. The van der Waals surface area contributed by atoms with Gasteiger partial charge in [-0.3, -0.25) is 10.1 Å². The van der Waals surface area contributed by atoms with Crippen LogP contribution in [0.4, 0.5) is 5.13 Å². The molecule has 0 bridgehead atoms. The van der Waals surface area contributed by atoms with Gasteiger partial charge in [-0.1, -0.05) is 40.3 Å². The summed E-state index contributed by atoms with van der Waals surface area (Å²) in [6.07, 6.45) is 1.37. The third-order valence-electron chi connectivity index (χ3n) is 2.42. The number of hydrogen-bond acceptors (Lipinski definition) is 6. The Labute approximate surface area is 126 Å². The monoisotopic (exact) mass is 320 g/mol. The van der Waals surface area contributed by atoms with Gasteiger partial charge in [0.1, 0.15) is 16.5 Å². The molecule has 0 aliphatic rings. The van der Waals surface area contributed by atoms with Crippen LogP contribution in [0.3, 0.4) is 0 Å². The maximum absolute atomic E-state index is 12.0. The molecule has 3 rings (SSSR count). The van der Waals surface area contributed by atoms with E-state index in [0.717, 1.165) is 16.0 Å². The van der Waals surface area contributed by atoms with E-state index < -0.39 is 0 Å². The Hall–Kier alpha value is -2.01. The number of carbonyl (C=O) groups excluding carboxylic acids is 1. The van der Waals surface area contributed by atoms with E-state index in [1.54, 1.807) is 6.07 Å². The molecule has 8 heteroatoms. The summed E-state index contributed by atoms with van der Waals surface area (Å²) in [6.45, 7) is 0. The number of hydrogen-bond donors (Lipinski definition) is 1.